The molecule has 0 spiro atoms. The molecule has 8 heteroatoms. The zero-order valence-corrected chi connectivity index (χ0v) is 13.1. The van der Waals surface area contributed by atoms with E-state index in [1.165, 1.54) is 6.21 Å². The summed E-state index contributed by atoms with van der Waals surface area (Å²) in [4.78, 5) is 26.5. The lowest BCUT2D eigenvalue weighted by molar-refractivity contribution is -0.139. The van der Waals surface area contributed by atoms with Gasteiger partial charge < -0.3 is 24.2 Å². The molecule has 1 N–H and O–H groups in total. The number of carbonyl (C=O) groups is 2. The predicted octanol–water partition coefficient (Wildman–Crippen LogP) is 2.41. The first-order chi connectivity index (χ1) is 10.8. The maximum Gasteiger partial charge on any atom is 0.511 e. The van der Waals surface area contributed by atoms with Gasteiger partial charge in [-0.25, -0.2) is 9.59 Å². The number of carboxylic acid groups (broad SMARTS) is 1. The van der Waals surface area contributed by atoms with Gasteiger partial charge in [0, 0.05) is 5.56 Å². The molecule has 1 rings (SSSR count). The molecule has 0 radical (unpaired) electrons. The molecule has 8 nitrogen and oxygen atoms in total. The van der Waals surface area contributed by atoms with Crippen LogP contribution in [-0.2, 0) is 19.1 Å². The Morgan fingerprint density at radius 1 is 1.26 bits per heavy atom. The quantitative estimate of drug-likeness (QED) is 0.270. The van der Waals surface area contributed by atoms with Crippen LogP contribution in [-0.4, -0.2) is 42.4 Å². The number of aliphatic carboxylic acids is 1. The number of oxime groups is 1. The molecule has 0 aliphatic carbocycles. The number of carboxylic acids is 1. The second kappa shape index (κ2) is 8.62. The van der Waals surface area contributed by atoms with E-state index in [0.717, 1.165) is 0 Å². The summed E-state index contributed by atoms with van der Waals surface area (Å²) in [6.45, 7) is 4.25. The third-order valence-electron chi connectivity index (χ3n) is 2.16. The van der Waals surface area contributed by atoms with Crippen LogP contribution in [0, 0.1) is 0 Å². The molecule has 1 aromatic carbocycles. The van der Waals surface area contributed by atoms with E-state index in [1.54, 1.807) is 45.0 Å². The Balaban J connectivity index is 2.43. The monoisotopic (exact) mass is 325 g/mol. The molecule has 126 valence electrons. The van der Waals surface area contributed by atoms with Gasteiger partial charge in [0.2, 0.25) is 0 Å². The summed E-state index contributed by atoms with van der Waals surface area (Å²) in [6, 6.07) is 6.69. The Morgan fingerprint density at radius 2 is 1.96 bits per heavy atom. The second-order valence-electron chi connectivity index (χ2n) is 5.31. The highest BCUT2D eigenvalue weighted by atomic mass is 16.8. The first-order valence-electron chi connectivity index (χ1n) is 6.72. The number of hydrogen-bond acceptors (Lipinski definition) is 7. The lowest BCUT2D eigenvalue weighted by Crippen LogP contribution is -2.24. The fourth-order valence-electron chi connectivity index (χ4n) is 1.34. The van der Waals surface area contributed by atoms with Crippen LogP contribution in [0.4, 0.5) is 4.79 Å². The first-order valence-corrected chi connectivity index (χ1v) is 6.72. The van der Waals surface area contributed by atoms with E-state index < -0.39 is 31.1 Å². The van der Waals surface area contributed by atoms with Crippen LogP contribution in [0.25, 0.3) is 0 Å². The van der Waals surface area contributed by atoms with Gasteiger partial charge in [-0.1, -0.05) is 17.3 Å². The van der Waals surface area contributed by atoms with Crippen LogP contribution in [0.1, 0.15) is 26.3 Å². The normalized spacial score (nSPS) is 11.1. The number of rotatable bonds is 7. The van der Waals surface area contributed by atoms with E-state index in [1.807, 2.05) is 0 Å². The summed E-state index contributed by atoms with van der Waals surface area (Å²) in [7, 11) is 0. The highest BCUT2D eigenvalue weighted by Gasteiger charge is 2.17. The standard InChI is InChI=1S/C15H19NO7/c1-15(2,3)23-14(19)21-10-22-16-8-11-6-4-5-7-12(11)20-9-13(17)18/h4-8H,9-10H2,1-3H3,(H,17,18)/b16-8+. The van der Waals surface area contributed by atoms with Gasteiger partial charge in [-0.05, 0) is 32.9 Å². The van der Waals surface area contributed by atoms with Crippen molar-refractivity contribution in [1.29, 1.82) is 0 Å². The summed E-state index contributed by atoms with van der Waals surface area (Å²) < 4.78 is 14.7. The molecule has 0 saturated carbocycles. The number of carbonyl (C=O) groups excluding carboxylic acids is 1. The van der Waals surface area contributed by atoms with E-state index in [4.69, 9.17) is 19.4 Å². The van der Waals surface area contributed by atoms with Gasteiger partial charge in [0.1, 0.15) is 11.4 Å². The van der Waals surface area contributed by atoms with Crippen LogP contribution < -0.4 is 4.74 Å². The van der Waals surface area contributed by atoms with Crippen molar-refractivity contribution < 1.29 is 33.7 Å². The Morgan fingerprint density at radius 3 is 2.61 bits per heavy atom. The fraction of sp³-hybridized carbons (Fsp3) is 0.400. The van der Waals surface area contributed by atoms with Crippen LogP contribution in [0.3, 0.4) is 0 Å². The van der Waals surface area contributed by atoms with Crippen molar-refractivity contribution in [3.8, 4) is 5.75 Å². The van der Waals surface area contributed by atoms with Crippen LogP contribution in [0.15, 0.2) is 29.4 Å². The maximum absolute atomic E-state index is 11.2. The lowest BCUT2D eigenvalue weighted by Gasteiger charge is -2.18. The molecule has 0 amide bonds. The number of hydrogen-bond donors (Lipinski definition) is 1. The van der Waals surface area contributed by atoms with E-state index in [9.17, 15) is 9.59 Å². The molecular formula is C15H19NO7. The van der Waals surface area contributed by atoms with Crippen molar-refractivity contribution in [3.63, 3.8) is 0 Å². The SMILES string of the molecule is CC(C)(C)OC(=O)OCO/N=C/c1ccccc1OCC(=O)O. The van der Waals surface area contributed by atoms with Crippen LogP contribution >= 0.6 is 0 Å². The Hall–Kier alpha value is -2.77. The Bertz CT molecular complexity index is 563. The lowest BCUT2D eigenvalue weighted by atomic mass is 10.2. The first kappa shape index (κ1) is 18.3. The molecule has 0 aliphatic heterocycles. The van der Waals surface area contributed by atoms with Gasteiger partial charge >= 0.3 is 12.1 Å². The smallest absolute Gasteiger partial charge is 0.481 e. The number of ether oxygens (including phenoxy) is 3. The van der Waals surface area contributed by atoms with Crippen LogP contribution in [0.2, 0.25) is 0 Å². The minimum atomic E-state index is -1.08. The zero-order chi connectivity index (χ0) is 17.3. The topological polar surface area (TPSA) is 104 Å². The van der Waals surface area contributed by atoms with E-state index in [2.05, 4.69) is 9.89 Å². The third kappa shape index (κ3) is 8.30. The Kier molecular flexibility index (Phi) is 6.85. The van der Waals surface area contributed by atoms with Gasteiger partial charge in [0.15, 0.2) is 6.61 Å². The predicted molar refractivity (Wildman–Crippen MR) is 80.4 cm³/mol. The number of benzene rings is 1. The van der Waals surface area contributed by atoms with Crippen molar-refractivity contribution in [2.24, 2.45) is 5.16 Å². The summed E-state index contributed by atoms with van der Waals surface area (Å²) in [5.74, 6) is -0.742. The molecule has 0 aliphatic rings. The summed E-state index contributed by atoms with van der Waals surface area (Å²) in [6.07, 6.45) is 0.452. The average Bonchev–Trinajstić information content (AvgIpc) is 2.43. The highest BCUT2D eigenvalue weighted by Crippen LogP contribution is 2.15. The van der Waals surface area contributed by atoms with Crippen molar-refractivity contribution in [2.75, 3.05) is 13.4 Å². The molecule has 0 atom stereocenters. The maximum atomic E-state index is 11.2. The zero-order valence-electron chi connectivity index (χ0n) is 13.1. The van der Waals surface area contributed by atoms with Gasteiger partial charge in [0.05, 0.1) is 6.21 Å². The van der Waals surface area contributed by atoms with E-state index in [0.29, 0.717) is 11.3 Å². The molecule has 23 heavy (non-hydrogen) atoms. The molecule has 0 heterocycles. The molecule has 1 aromatic rings. The number of para-hydroxylation sites is 1. The van der Waals surface area contributed by atoms with Crippen molar-refractivity contribution >= 4 is 18.3 Å². The van der Waals surface area contributed by atoms with E-state index >= 15 is 0 Å². The number of nitrogens with zero attached hydrogens (tertiary/aromatic N) is 1. The minimum Gasteiger partial charge on any atom is -0.481 e. The molecule has 0 fully saturated rings. The van der Waals surface area contributed by atoms with Crippen molar-refractivity contribution in [2.45, 2.75) is 26.4 Å². The van der Waals surface area contributed by atoms with Gasteiger partial charge in [-0.15, -0.1) is 0 Å². The second-order valence-corrected chi connectivity index (χ2v) is 5.31. The Labute approximate surface area is 133 Å². The average molecular weight is 325 g/mol. The van der Waals surface area contributed by atoms with Crippen molar-refractivity contribution in [1.82, 2.24) is 0 Å². The summed E-state index contributed by atoms with van der Waals surface area (Å²) >= 11 is 0. The third-order valence-corrected chi connectivity index (χ3v) is 2.16. The summed E-state index contributed by atoms with van der Waals surface area (Å²) in [5.41, 5.74) is -0.133. The summed E-state index contributed by atoms with van der Waals surface area (Å²) in [5, 5.41) is 12.2. The fourth-order valence-corrected chi connectivity index (χ4v) is 1.34. The molecular weight excluding hydrogens is 306 g/mol. The molecule has 0 saturated heterocycles. The van der Waals surface area contributed by atoms with Crippen LogP contribution in [0.5, 0.6) is 5.75 Å². The molecule has 0 bridgehead atoms. The van der Waals surface area contributed by atoms with Gasteiger partial charge in [-0.3, -0.25) is 0 Å². The molecule has 0 unspecified atom stereocenters. The highest BCUT2D eigenvalue weighted by molar-refractivity contribution is 5.83. The largest absolute Gasteiger partial charge is 0.511 e. The van der Waals surface area contributed by atoms with E-state index in [-0.39, 0.29) is 0 Å². The van der Waals surface area contributed by atoms with Gasteiger partial charge in [-0.2, -0.15) is 0 Å². The van der Waals surface area contributed by atoms with Gasteiger partial charge in [0.25, 0.3) is 6.79 Å². The van der Waals surface area contributed by atoms with Crippen molar-refractivity contribution in [3.05, 3.63) is 29.8 Å². The molecule has 0 aromatic heterocycles. The minimum absolute atomic E-state index is 0.343.